The molecule has 0 atom stereocenters. The van der Waals surface area contributed by atoms with Crippen molar-refractivity contribution in [2.75, 3.05) is 0 Å². The van der Waals surface area contributed by atoms with Crippen LogP contribution in [0.25, 0.3) is 0 Å². The number of carbonyl (C=O) groups excluding carboxylic acids is 2. The SMILES string of the molecule is O=C1C(=O)N(C2CCCCC2)C(=S)N1/N=C/c1ccc([N+](=O)[O-])o1. The fraction of sp³-hybridized carbons (Fsp3) is 0.429. The fourth-order valence-corrected chi connectivity index (χ4v) is 3.22. The first-order valence-electron chi connectivity index (χ1n) is 7.49. The Bertz CT molecular complexity index is 737. The summed E-state index contributed by atoms with van der Waals surface area (Å²) >= 11 is 5.22. The molecule has 0 spiro atoms. The molecule has 1 aliphatic heterocycles. The summed E-state index contributed by atoms with van der Waals surface area (Å²) in [5.41, 5.74) is 0. The molecule has 2 fully saturated rings. The van der Waals surface area contributed by atoms with Gasteiger partial charge in [0.2, 0.25) is 5.11 Å². The van der Waals surface area contributed by atoms with E-state index in [1.54, 1.807) is 0 Å². The molecule has 0 radical (unpaired) electrons. The Morgan fingerprint density at radius 3 is 2.58 bits per heavy atom. The zero-order chi connectivity index (χ0) is 17.3. The number of furan rings is 1. The highest BCUT2D eigenvalue weighted by molar-refractivity contribution is 7.80. The number of hydrazone groups is 1. The third-order valence-corrected chi connectivity index (χ3v) is 4.38. The summed E-state index contributed by atoms with van der Waals surface area (Å²) in [7, 11) is 0. The minimum atomic E-state index is -0.831. The molecule has 2 heterocycles. The lowest BCUT2D eigenvalue weighted by molar-refractivity contribution is -0.402. The van der Waals surface area contributed by atoms with Crippen molar-refractivity contribution in [1.82, 2.24) is 9.91 Å². The van der Waals surface area contributed by atoms with E-state index in [1.807, 2.05) is 0 Å². The van der Waals surface area contributed by atoms with Gasteiger partial charge in [0.15, 0.2) is 5.76 Å². The maximum atomic E-state index is 12.2. The third kappa shape index (κ3) is 2.92. The summed E-state index contributed by atoms with van der Waals surface area (Å²) in [6.45, 7) is 0. The first-order chi connectivity index (χ1) is 11.5. The maximum Gasteiger partial charge on any atom is 0.433 e. The lowest BCUT2D eigenvalue weighted by atomic mass is 9.94. The molecule has 9 nitrogen and oxygen atoms in total. The molecule has 2 aliphatic rings. The molecule has 1 aliphatic carbocycles. The van der Waals surface area contributed by atoms with Gasteiger partial charge in [0.25, 0.3) is 0 Å². The lowest BCUT2D eigenvalue weighted by Gasteiger charge is -2.29. The van der Waals surface area contributed by atoms with Crippen molar-refractivity contribution in [3.8, 4) is 0 Å². The molecule has 2 amide bonds. The summed E-state index contributed by atoms with van der Waals surface area (Å²) in [5.74, 6) is -1.87. The Labute approximate surface area is 142 Å². The smallest absolute Gasteiger partial charge is 0.400 e. The second-order valence-electron chi connectivity index (χ2n) is 5.54. The van der Waals surface area contributed by atoms with Crippen LogP contribution in [0.2, 0.25) is 0 Å². The Hall–Kier alpha value is -2.62. The predicted octanol–water partition coefficient (Wildman–Crippen LogP) is 1.81. The van der Waals surface area contributed by atoms with Crippen molar-refractivity contribution < 1.29 is 18.9 Å². The van der Waals surface area contributed by atoms with Gasteiger partial charge in [-0.05, 0) is 31.1 Å². The second kappa shape index (κ2) is 6.48. The zero-order valence-corrected chi connectivity index (χ0v) is 13.4. The van der Waals surface area contributed by atoms with Crippen LogP contribution < -0.4 is 0 Å². The van der Waals surface area contributed by atoms with Crippen molar-refractivity contribution >= 4 is 41.2 Å². The highest BCUT2D eigenvalue weighted by atomic mass is 32.1. The second-order valence-corrected chi connectivity index (χ2v) is 5.91. The van der Waals surface area contributed by atoms with Gasteiger partial charge in [0.05, 0.1) is 12.3 Å². The van der Waals surface area contributed by atoms with E-state index in [4.69, 9.17) is 16.6 Å². The Kier molecular flexibility index (Phi) is 4.38. The van der Waals surface area contributed by atoms with Crippen LogP contribution in [0.5, 0.6) is 0 Å². The van der Waals surface area contributed by atoms with Gasteiger partial charge in [0.1, 0.15) is 4.92 Å². The van der Waals surface area contributed by atoms with Gasteiger partial charge in [-0.15, -0.1) is 0 Å². The highest BCUT2D eigenvalue weighted by Gasteiger charge is 2.45. The molecule has 1 saturated heterocycles. The van der Waals surface area contributed by atoms with E-state index in [0.29, 0.717) is 0 Å². The van der Waals surface area contributed by atoms with Crippen LogP contribution >= 0.6 is 12.2 Å². The highest BCUT2D eigenvalue weighted by Crippen LogP contribution is 2.27. The van der Waals surface area contributed by atoms with Gasteiger partial charge in [0, 0.05) is 6.04 Å². The van der Waals surface area contributed by atoms with E-state index < -0.39 is 22.6 Å². The molecule has 1 aromatic rings. The van der Waals surface area contributed by atoms with Crippen LogP contribution in [0.3, 0.4) is 0 Å². The normalized spacial score (nSPS) is 19.8. The van der Waals surface area contributed by atoms with Crippen LogP contribution in [0, 0.1) is 10.1 Å². The summed E-state index contributed by atoms with van der Waals surface area (Å²) in [4.78, 5) is 35.5. The van der Waals surface area contributed by atoms with Gasteiger partial charge in [-0.1, -0.05) is 19.3 Å². The summed E-state index contributed by atoms with van der Waals surface area (Å²) in [5, 5.41) is 15.3. The molecule has 10 heteroatoms. The number of carbonyl (C=O) groups is 2. The molecule has 0 aromatic carbocycles. The molecule has 0 bridgehead atoms. The van der Waals surface area contributed by atoms with Crippen molar-refractivity contribution in [3.63, 3.8) is 0 Å². The van der Waals surface area contributed by atoms with Crippen molar-refractivity contribution in [2.24, 2.45) is 5.10 Å². The van der Waals surface area contributed by atoms with Crippen LogP contribution in [0.15, 0.2) is 21.7 Å². The Morgan fingerprint density at radius 1 is 1.25 bits per heavy atom. The van der Waals surface area contributed by atoms with Gasteiger partial charge in [-0.2, -0.15) is 10.1 Å². The standard InChI is InChI=1S/C14H14N4O5S/c19-12-13(20)17(14(24)16(12)9-4-2-1-3-5-9)15-8-10-6-7-11(23-10)18(21)22/h6-9H,1-5H2/b15-8+. The number of nitrogens with zero attached hydrogens (tertiary/aromatic N) is 4. The molecule has 1 saturated carbocycles. The number of nitro groups is 1. The monoisotopic (exact) mass is 350 g/mol. The molecule has 126 valence electrons. The average Bonchev–Trinajstić information content (AvgIpc) is 3.12. The summed E-state index contributed by atoms with van der Waals surface area (Å²) in [6.07, 6.45) is 5.82. The van der Waals surface area contributed by atoms with Crippen molar-refractivity contribution in [2.45, 2.75) is 38.1 Å². The van der Waals surface area contributed by atoms with E-state index >= 15 is 0 Å². The first kappa shape index (κ1) is 16.2. The third-order valence-electron chi connectivity index (χ3n) is 4.01. The molecule has 0 unspecified atom stereocenters. The minimum absolute atomic E-state index is 0.0363. The summed E-state index contributed by atoms with van der Waals surface area (Å²) in [6, 6.07) is 2.43. The van der Waals surface area contributed by atoms with E-state index in [2.05, 4.69) is 5.10 Å². The van der Waals surface area contributed by atoms with Gasteiger partial charge in [-0.25, -0.2) is 0 Å². The number of hydrogen-bond acceptors (Lipinski definition) is 7. The number of hydrogen-bond donors (Lipinski definition) is 0. The minimum Gasteiger partial charge on any atom is -0.400 e. The first-order valence-corrected chi connectivity index (χ1v) is 7.89. The molecule has 3 rings (SSSR count). The van der Waals surface area contributed by atoms with E-state index in [1.165, 1.54) is 17.0 Å². The molecule has 24 heavy (non-hydrogen) atoms. The fourth-order valence-electron chi connectivity index (χ4n) is 2.86. The molecule has 0 N–H and O–H groups in total. The van der Waals surface area contributed by atoms with Crippen LogP contribution in [0.1, 0.15) is 37.9 Å². The quantitative estimate of drug-likeness (QED) is 0.269. The van der Waals surface area contributed by atoms with Crippen LogP contribution in [0.4, 0.5) is 5.88 Å². The Morgan fingerprint density at radius 2 is 1.96 bits per heavy atom. The maximum absolute atomic E-state index is 12.2. The molecular weight excluding hydrogens is 336 g/mol. The van der Waals surface area contributed by atoms with E-state index in [-0.39, 0.29) is 16.9 Å². The largest absolute Gasteiger partial charge is 0.433 e. The van der Waals surface area contributed by atoms with E-state index in [9.17, 15) is 19.7 Å². The molecular formula is C14H14N4O5S. The predicted molar refractivity (Wildman–Crippen MR) is 86.1 cm³/mol. The van der Waals surface area contributed by atoms with Gasteiger partial charge in [-0.3, -0.25) is 24.6 Å². The van der Waals surface area contributed by atoms with Gasteiger partial charge < -0.3 is 4.42 Å². The lowest BCUT2D eigenvalue weighted by Crippen LogP contribution is -2.41. The Balaban J connectivity index is 1.76. The zero-order valence-electron chi connectivity index (χ0n) is 12.6. The van der Waals surface area contributed by atoms with Crippen molar-refractivity contribution in [3.05, 3.63) is 28.0 Å². The van der Waals surface area contributed by atoms with Crippen LogP contribution in [-0.2, 0) is 9.59 Å². The average molecular weight is 350 g/mol. The number of rotatable bonds is 4. The number of thiocarbonyl (C=S) groups is 1. The van der Waals surface area contributed by atoms with E-state index in [0.717, 1.165) is 43.3 Å². The number of amides is 2. The molecule has 1 aromatic heterocycles. The summed E-state index contributed by atoms with van der Waals surface area (Å²) < 4.78 is 4.92. The van der Waals surface area contributed by atoms with Gasteiger partial charge >= 0.3 is 17.7 Å². The van der Waals surface area contributed by atoms with Crippen molar-refractivity contribution in [1.29, 1.82) is 0 Å². The topological polar surface area (TPSA) is 109 Å². The van der Waals surface area contributed by atoms with Crippen LogP contribution in [-0.4, -0.2) is 44.0 Å².